The molecule has 78 valence electrons. The van der Waals surface area contributed by atoms with Gasteiger partial charge in [0.25, 0.3) is 0 Å². The molecular weight excluding hydrogens is 277 g/mol. The summed E-state index contributed by atoms with van der Waals surface area (Å²) in [6.07, 6.45) is 4.35. The van der Waals surface area contributed by atoms with Crippen molar-refractivity contribution < 1.29 is 4.79 Å². The van der Waals surface area contributed by atoms with Crippen molar-refractivity contribution in [1.82, 2.24) is 5.32 Å². The average molecular weight is 297 g/mol. The van der Waals surface area contributed by atoms with E-state index in [1.54, 1.807) is 0 Å². The van der Waals surface area contributed by atoms with E-state index in [-0.39, 0.29) is 11.8 Å². The number of carbonyl (C=O) groups excluding carboxylic acids is 1. The fraction of sp³-hybridized carbons (Fsp3) is 0.900. The molecule has 0 aliphatic heterocycles. The summed E-state index contributed by atoms with van der Waals surface area (Å²) in [5, 5.41) is 2.95. The predicted molar refractivity (Wildman–Crippen MR) is 65.2 cm³/mol. The molecule has 0 saturated heterocycles. The first-order valence-corrected chi connectivity index (χ1v) is 6.62. The van der Waals surface area contributed by atoms with E-state index in [2.05, 4.69) is 41.8 Å². The lowest BCUT2D eigenvalue weighted by Crippen LogP contribution is -2.31. The zero-order chi connectivity index (χ0) is 10.1. The predicted octanol–water partition coefficient (Wildman–Crippen LogP) is 2.75. The van der Waals surface area contributed by atoms with Gasteiger partial charge in [-0.25, -0.2) is 0 Å². The Kier molecular flexibility index (Phi) is 8.92. The topological polar surface area (TPSA) is 29.1 Å². The first kappa shape index (κ1) is 13.2. The summed E-state index contributed by atoms with van der Waals surface area (Å²) in [7, 11) is 0. The first-order valence-electron chi connectivity index (χ1n) is 5.09. The van der Waals surface area contributed by atoms with Crippen molar-refractivity contribution in [3.05, 3.63) is 0 Å². The second kappa shape index (κ2) is 8.78. The summed E-state index contributed by atoms with van der Waals surface area (Å²) in [5.74, 6) is 0.482. The summed E-state index contributed by atoms with van der Waals surface area (Å²) in [4.78, 5) is 11.5. The number of alkyl halides is 1. The van der Waals surface area contributed by atoms with Crippen LogP contribution in [0.15, 0.2) is 0 Å². The molecule has 0 bridgehead atoms. The van der Waals surface area contributed by atoms with Crippen LogP contribution in [-0.2, 0) is 4.79 Å². The Morgan fingerprint density at radius 2 is 2.15 bits per heavy atom. The molecule has 0 aliphatic rings. The fourth-order valence-corrected chi connectivity index (χ4v) is 1.56. The van der Waals surface area contributed by atoms with Crippen LogP contribution in [0.3, 0.4) is 0 Å². The van der Waals surface area contributed by atoms with Gasteiger partial charge in [0.1, 0.15) is 0 Å². The van der Waals surface area contributed by atoms with Gasteiger partial charge in [-0.15, -0.1) is 0 Å². The van der Waals surface area contributed by atoms with E-state index in [4.69, 9.17) is 0 Å². The molecule has 1 atom stereocenters. The molecule has 1 amide bonds. The number of nitrogens with one attached hydrogen (secondary N) is 1. The largest absolute Gasteiger partial charge is 0.355 e. The Hall–Kier alpha value is 0.200. The molecule has 0 fully saturated rings. The summed E-state index contributed by atoms with van der Waals surface area (Å²) < 4.78 is 0.994. The molecule has 0 radical (unpaired) electrons. The normalized spacial score (nSPS) is 12.5. The maximum atomic E-state index is 11.5. The number of hydrogen-bond donors (Lipinski definition) is 1. The van der Waals surface area contributed by atoms with Crippen molar-refractivity contribution >= 4 is 28.5 Å². The Labute approximate surface area is 95.0 Å². The van der Waals surface area contributed by atoms with Gasteiger partial charge in [-0.1, -0.05) is 49.3 Å². The average Bonchev–Trinajstić information content (AvgIpc) is 2.16. The molecule has 0 spiro atoms. The van der Waals surface area contributed by atoms with E-state index in [0.29, 0.717) is 0 Å². The number of hydrogen-bond acceptors (Lipinski definition) is 1. The van der Waals surface area contributed by atoms with Gasteiger partial charge in [-0.05, 0) is 12.8 Å². The highest BCUT2D eigenvalue weighted by Crippen LogP contribution is 2.12. The number of unbranched alkanes of at least 4 members (excludes halogenated alkanes) is 1. The molecule has 2 nitrogen and oxygen atoms in total. The summed E-state index contributed by atoms with van der Waals surface area (Å²) >= 11 is 2.27. The third-order valence-electron chi connectivity index (χ3n) is 2.16. The van der Waals surface area contributed by atoms with Crippen molar-refractivity contribution in [2.75, 3.05) is 11.0 Å². The van der Waals surface area contributed by atoms with Crippen LogP contribution < -0.4 is 5.32 Å². The van der Waals surface area contributed by atoms with Crippen molar-refractivity contribution in [2.24, 2.45) is 5.92 Å². The summed E-state index contributed by atoms with van der Waals surface area (Å²) in [6, 6.07) is 0. The lowest BCUT2D eigenvalue weighted by molar-refractivity contribution is -0.125. The maximum Gasteiger partial charge on any atom is 0.223 e. The molecule has 0 rings (SSSR count). The van der Waals surface area contributed by atoms with Gasteiger partial charge in [-0.2, -0.15) is 0 Å². The zero-order valence-electron chi connectivity index (χ0n) is 8.61. The lowest BCUT2D eigenvalue weighted by Gasteiger charge is -2.13. The van der Waals surface area contributed by atoms with E-state index < -0.39 is 0 Å². The van der Waals surface area contributed by atoms with Crippen LogP contribution in [0.1, 0.15) is 39.5 Å². The first-order chi connectivity index (χ1) is 6.26. The van der Waals surface area contributed by atoms with Crippen LogP contribution in [-0.4, -0.2) is 16.9 Å². The smallest absolute Gasteiger partial charge is 0.223 e. The highest BCUT2D eigenvalue weighted by Gasteiger charge is 2.14. The molecule has 3 heteroatoms. The second-order valence-corrected chi connectivity index (χ2v) is 4.31. The Balaban J connectivity index is 3.71. The van der Waals surface area contributed by atoms with Gasteiger partial charge >= 0.3 is 0 Å². The highest BCUT2D eigenvalue weighted by molar-refractivity contribution is 14.1. The van der Waals surface area contributed by atoms with Gasteiger partial charge in [0.05, 0.1) is 0 Å². The molecular formula is C10H20INO. The molecule has 0 aromatic carbocycles. The maximum absolute atomic E-state index is 11.5. The Bertz CT molecular complexity index is 139. The van der Waals surface area contributed by atoms with Crippen LogP contribution in [0, 0.1) is 5.92 Å². The number of carbonyl (C=O) groups is 1. The molecule has 0 aromatic rings. The van der Waals surface area contributed by atoms with E-state index in [0.717, 1.165) is 30.2 Å². The quantitative estimate of drug-likeness (QED) is 0.568. The fourth-order valence-electron chi connectivity index (χ4n) is 1.29. The van der Waals surface area contributed by atoms with Crippen molar-refractivity contribution in [3.63, 3.8) is 0 Å². The van der Waals surface area contributed by atoms with Crippen molar-refractivity contribution in [2.45, 2.75) is 39.5 Å². The highest BCUT2D eigenvalue weighted by atomic mass is 127. The lowest BCUT2D eigenvalue weighted by atomic mass is 9.98. The number of halogens is 1. The number of rotatable bonds is 7. The van der Waals surface area contributed by atoms with Crippen LogP contribution >= 0.6 is 22.6 Å². The van der Waals surface area contributed by atoms with Crippen LogP contribution in [0.25, 0.3) is 0 Å². The minimum atomic E-state index is 0.239. The van der Waals surface area contributed by atoms with Crippen LogP contribution in [0.5, 0.6) is 0 Å². The Morgan fingerprint density at radius 3 is 2.62 bits per heavy atom. The van der Waals surface area contributed by atoms with E-state index >= 15 is 0 Å². The van der Waals surface area contributed by atoms with Gasteiger partial charge in [0.15, 0.2) is 0 Å². The van der Waals surface area contributed by atoms with Gasteiger partial charge < -0.3 is 5.32 Å². The SMILES string of the molecule is CCCCC(CC)C(=O)NCCI. The minimum Gasteiger partial charge on any atom is -0.355 e. The molecule has 0 aliphatic carbocycles. The summed E-state index contributed by atoms with van der Waals surface area (Å²) in [6.45, 7) is 5.06. The molecule has 1 N–H and O–H groups in total. The zero-order valence-corrected chi connectivity index (χ0v) is 10.8. The third kappa shape index (κ3) is 6.29. The van der Waals surface area contributed by atoms with Crippen LogP contribution in [0.4, 0.5) is 0 Å². The molecule has 1 unspecified atom stereocenters. The molecule has 0 heterocycles. The van der Waals surface area contributed by atoms with Gasteiger partial charge in [0, 0.05) is 16.9 Å². The second-order valence-electron chi connectivity index (χ2n) is 3.23. The minimum absolute atomic E-state index is 0.239. The van der Waals surface area contributed by atoms with E-state index in [1.807, 2.05) is 0 Å². The van der Waals surface area contributed by atoms with Crippen molar-refractivity contribution in [1.29, 1.82) is 0 Å². The number of amides is 1. The standard InChI is InChI=1S/C10H20INO/c1-3-5-6-9(4-2)10(13)12-8-7-11/h9H,3-8H2,1-2H3,(H,12,13). The van der Waals surface area contributed by atoms with E-state index in [1.165, 1.54) is 6.42 Å². The third-order valence-corrected chi connectivity index (χ3v) is 2.70. The van der Waals surface area contributed by atoms with Crippen LogP contribution in [0.2, 0.25) is 0 Å². The van der Waals surface area contributed by atoms with E-state index in [9.17, 15) is 4.79 Å². The van der Waals surface area contributed by atoms with Crippen molar-refractivity contribution in [3.8, 4) is 0 Å². The molecule has 13 heavy (non-hydrogen) atoms. The Morgan fingerprint density at radius 1 is 1.46 bits per heavy atom. The van der Waals surface area contributed by atoms with Gasteiger partial charge in [-0.3, -0.25) is 4.79 Å². The van der Waals surface area contributed by atoms with Gasteiger partial charge in [0.2, 0.25) is 5.91 Å². The monoisotopic (exact) mass is 297 g/mol. The molecule has 0 saturated carbocycles. The summed E-state index contributed by atoms with van der Waals surface area (Å²) in [5.41, 5.74) is 0. The molecule has 0 aromatic heterocycles.